The molecule has 3 rings (SSSR count). The summed E-state index contributed by atoms with van der Waals surface area (Å²) in [5, 5.41) is 7.16. The summed E-state index contributed by atoms with van der Waals surface area (Å²) in [5.74, 6) is 1.46. The van der Waals surface area contributed by atoms with Gasteiger partial charge in [0.1, 0.15) is 11.5 Å². The Labute approximate surface area is 158 Å². The molecule has 27 heavy (non-hydrogen) atoms. The van der Waals surface area contributed by atoms with Crippen LogP contribution in [0.1, 0.15) is 17.5 Å². The fraction of sp³-hybridized carbons (Fsp3) is 0.238. The molecule has 0 spiro atoms. The number of ether oxygens (including phenoxy) is 2. The number of nitrogens with one attached hydrogen (secondary N) is 1. The van der Waals surface area contributed by atoms with Gasteiger partial charge in [0.05, 0.1) is 20.8 Å². The van der Waals surface area contributed by atoms with Crippen LogP contribution in [0.15, 0.2) is 60.9 Å². The Morgan fingerprint density at radius 1 is 1.11 bits per heavy atom. The topological polar surface area (TPSA) is 65.4 Å². The van der Waals surface area contributed by atoms with E-state index in [2.05, 4.69) is 10.4 Å². The van der Waals surface area contributed by atoms with Crippen molar-refractivity contribution in [3.05, 3.63) is 72.1 Å². The summed E-state index contributed by atoms with van der Waals surface area (Å²) in [6.07, 6.45) is 4.58. The highest BCUT2D eigenvalue weighted by Gasteiger charge is 2.09. The third-order valence-corrected chi connectivity index (χ3v) is 4.22. The van der Waals surface area contributed by atoms with Gasteiger partial charge in [0.15, 0.2) is 0 Å². The zero-order valence-corrected chi connectivity index (χ0v) is 15.5. The summed E-state index contributed by atoms with van der Waals surface area (Å²) in [7, 11) is 3.24. The molecule has 0 fully saturated rings. The summed E-state index contributed by atoms with van der Waals surface area (Å²) in [6.45, 7) is 0.664. The molecule has 0 aliphatic carbocycles. The van der Waals surface area contributed by atoms with E-state index in [-0.39, 0.29) is 5.91 Å². The second-order valence-electron chi connectivity index (χ2n) is 6.13. The van der Waals surface area contributed by atoms with Crippen LogP contribution in [0.2, 0.25) is 0 Å². The minimum Gasteiger partial charge on any atom is -0.497 e. The molecule has 0 atom stereocenters. The van der Waals surface area contributed by atoms with E-state index in [0.29, 0.717) is 19.4 Å². The predicted octanol–water partition coefficient (Wildman–Crippen LogP) is 3.52. The van der Waals surface area contributed by atoms with Crippen molar-refractivity contribution in [3.8, 4) is 11.5 Å². The molecule has 0 aliphatic rings. The molecule has 0 radical (unpaired) electrons. The molecule has 1 heterocycles. The number of benzene rings is 2. The van der Waals surface area contributed by atoms with E-state index in [0.717, 1.165) is 28.3 Å². The SMILES string of the molecule is COc1ccc(OC)c(CCC(=O)Nc2cccc(Cn3cccn3)c2)c1. The lowest BCUT2D eigenvalue weighted by atomic mass is 10.1. The molecule has 140 valence electrons. The van der Waals surface area contributed by atoms with Crippen LogP contribution in [0.4, 0.5) is 5.69 Å². The number of methoxy groups -OCH3 is 2. The van der Waals surface area contributed by atoms with Gasteiger partial charge in [0.25, 0.3) is 0 Å². The van der Waals surface area contributed by atoms with Crippen LogP contribution in [-0.4, -0.2) is 29.9 Å². The van der Waals surface area contributed by atoms with Crippen molar-refractivity contribution in [3.63, 3.8) is 0 Å². The van der Waals surface area contributed by atoms with E-state index in [1.54, 1.807) is 20.4 Å². The van der Waals surface area contributed by atoms with Crippen molar-refractivity contribution in [2.45, 2.75) is 19.4 Å². The van der Waals surface area contributed by atoms with Crippen LogP contribution in [0.3, 0.4) is 0 Å². The molecule has 0 unspecified atom stereocenters. The quantitative estimate of drug-likeness (QED) is 0.663. The highest BCUT2D eigenvalue weighted by Crippen LogP contribution is 2.25. The van der Waals surface area contributed by atoms with Gasteiger partial charge in [-0.3, -0.25) is 9.48 Å². The first-order valence-electron chi connectivity index (χ1n) is 8.75. The Morgan fingerprint density at radius 3 is 2.74 bits per heavy atom. The molecule has 0 bridgehead atoms. The van der Waals surface area contributed by atoms with Crippen molar-refractivity contribution in [2.75, 3.05) is 19.5 Å². The van der Waals surface area contributed by atoms with E-state index in [1.807, 2.05) is 59.4 Å². The van der Waals surface area contributed by atoms with E-state index in [4.69, 9.17) is 9.47 Å². The Bertz CT molecular complexity index is 891. The number of amides is 1. The second kappa shape index (κ2) is 8.89. The van der Waals surface area contributed by atoms with Crippen molar-refractivity contribution in [2.24, 2.45) is 0 Å². The lowest BCUT2D eigenvalue weighted by Gasteiger charge is -2.11. The maximum atomic E-state index is 12.4. The van der Waals surface area contributed by atoms with Gasteiger partial charge in [-0.25, -0.2) is 0 Å². The number of nitrogens with zero attached hydrogens (tertiary/aromatic N) is 2. The van der Waals surface area contributed by atoms with E-state index < -0.39 is 0 Å². The van der Waals surface area contributed by atoms with Crippen LogP contribution in [-0.2, 0) is 17.8 Å². The van der Waals surface area contributed by atoms with Crippen LogP contribution >= 0.6 is 0 Å². The summed E-state index contributed by atoms with van der Waals surface area (Å²) in [4.78, 5) is 12.4. The lowest BCUT2D eigenvalue weighted by molar-refractivity contribution is -0.116. The Balaban J connectivity index is 1.60. The monoisotopic (exact) mass is 365 g/mol. The molecular formula is C21H23N3O3. The Kier molecular flexibility index (Phi) is 6.10. The fourth-order valence-electron chi connectivity index (χ4n) is 2.88. The number of carbonyl (C=O) groups is 1. The summed E-state index contributed by atoms with van der Waals surface area (Å²) < 4.78 is 12.5. The summed E-state index contributed by atoms with van der Waals surface area (Å²) >= 11 is 0. The zero-order valence-electron chi connectivity index (χ0n) is 15.5. The first-order chi connectivity index (χ1) is 13.2. The fourth-order valence-corrected chi connectivity index (χ4v) is 2.88. The van der Waals surface area contributed by atoms with Crippen LogP contribution in [0.25, 0.3) is 0 Å². The summed E-state index contributed by atoms with van der Waals surface area (Å²) in [5.41, 5.74) is 2.80. The number of aromatic nitrogens is 2. The van der Waals surface area contributed by atoms with Gasteiger partial charge in [-0.1, -0.05) is 12.1 Å². The average molecular weight is 365 g/mol. The van der Waals surface area contributed by atoms with Crippen LogP contribution < -0.4 is 14.8 Å². The first-order valence-corrected chi connectivity index (χ1v) is 8.75. The van der Waals surface area contributed by atoms with E-state index in [1.165, 1.54) is 0 Å². The maximum absolute atomic E-state index is 12.4. The molecule has 1 N–H and O–H groups in total. The number of rotatable bonds is 8. The number of carbonyl (C=O) groups excluding carboxylic acids is 1. The average Bonchev–Trinajstić information content (AvgIpc) is 3.19. The smallest absolute Gasteiger partial charge is 0.224 e. The van der Waals surface area contributed by atoms with E-state index in [9.17, 15) is 4.79 Å². The van der Waals surface area contributed by atoms with Gasteiger partial charge in [-0.15, -0.1) is 0 Å². The predicted molar refractivity (Wildman–Crippen MR) is 104 cm³/mol. The van der Waals surface area contributed by atoms with Crippen LogP contribution in [0, 0.1) is 0 Å². The molecule has 0 saturated heterocycles. The second-order valence-corrected chi connectivity index (χ2v) is 6.13. The molecule has 0 saturated carbocycles. The van der Waals surface area contributed by atoms with Gasteiger partial charge in [0.2, 0.25) is 5.91 Å². The molecular weight excluding hydrogens is 342 g/mol. The Morgan fingerprint density at radius 2 is 2.00 bits per heavy atom. The van der Waals surface area contributed by atoms with Crippen molar-refractivity contribution in [1.29, 1.82) is 0 Å². The van der Waals surface area contributed by atoms with Crippen molar-refractivity contribution < 1.29 is 14.3 Å². The highest BCUT2D eigenvalue weighted by molar-refractivity contribution is 5.90. The van der Waals surface area contributed by atoms with Crippen molar-refractivity contribution in [1.82, 2.24) is 9.78 Å². The molecule has 3 aromatic rings. The van der Waals surface area contributed by atoms with Crippen molar-refractivity contribution >= 4 is 11.6 Å². The third kappa shape index (κ3) is 5.10. The molecule has 0 aliphatic heterocycles. The first kappa shape index (κ1) is 18.5. The summed E-state index contributed by atoms with van der Waals surface area (Å²) in [6, 6.07) is 15.3. The van der Waals surface area contributed by atoms with Gasteiger partial charge in [-0.2, -0.15) is 5.10 Å². The van der Waals surface area contributed by atoms with Crippen LogP contribution in [0.5, 0.6) is 11.5 Å². The minimum absolute atomic E-state index is 0.0453. The number of anilines is 1. The molecule has 1 aromatic heterocycles. The molecule has 6 heteroatoms. The van der Waals surface area contributed by atoms with Gasteiger partial charge in [-0.05, 0) is 53.9 Å². The lowest BCUT2D eigenvalue weighted by Crippen LogP contribution is -2.13. The number of aryl methyl sites for hydroxylation is 1. The maximum Gasteiger partial charge on any atom is 0.224 e. The van der Waals surface area contributed by atoms with Gasteiger partial charge in [0, 0.05) is 24.5 Å². The van der Waals surface area contributed by atoms with E-state index >= 15 is 0 Å². The largest absolute Gasteiger partial charge is 0.497 e. The highest BCUT2D eigenvalue weighted by atomic mass is 16.5. The molecule has 6 nitrogen and oxygen atoms in total. The third-order valence-electron chi connectivity index (χ3n) is 4.22. The Hall–Kier alpha value is -3.28. The number of hydrogen-bond acceptors (Lipinski definition) is 4. The molecule has 1 amide bonds. The van der Waals surface area contributed by atoms with Gasteiger partial charge >= 0.3 is 0 Å². The zero-order chi connectivity index (χ0) is 19.1. The van der Waals surface area contributed by atoms with Gasteiger partial charge < -0.3 is 14.8 Å². The standard InChI is InChI=1S/C21H23N3O3/c1-26-19-8-9-20(27-2)17(14-19)7-10-21(25)23-18-6-3-5-16(13-18)15-24-12-4-11-22-24/h3-6,8-9,11-14H,7,10,15H2,1-2H3,(H,23,25). The number of hydrogen-bond donors (Lipinski definition) is 1. The molecule has 2 aromatic carbocycles. The normalized spacial score (nSPS) is 10.4. The minimum atomic E-state index is -0.0453.